The van der Waals surface area contributed by atoms with Crippen LogP contribution < -0.4 is 0 Å². The number of aryl methyl sites for hydroxylation is 2. The zero-order valence-corrected chi connectivity index (χ0v) is 13.8. The summed E-state index contributed by atoms with van der Waals surface area (Å²) in [4.78, 5) is 0. The fraction of sp³-hybridized carbons (Fsp3) is 0.238. The molecule has 0 fully saturated rings. The number of benzene rings is 2. The predicted octanol–water partition coefficient (Wildman–Crippen LogP) is 5.35. The molecule has 0 spiro atoms. The average Bonchev–Trinajstić information content (AvgIpc) is 2.58. The van der Waals surface area contributed by atoms with Crippen molar-refractivity contribution >= 4 is 12.4 Å². The Morgan fingerprint density at radius 3 is 1.96 bits per heavy atom. The molecule has 0 amide bonds. The maximum atomic E-state index is 4.11. The van der Waals surface area contributed by atoms with E-state index in [0.717, 1.165) is 24.0 Å². The van der Waals surface area contributed by atoms with Crippen LogP contribution in [0, 0.1) is 6.92 Å². The third-order valence-electron chi connectivity index (χ3n) is 3.66. The normalized spacial score (nSPS) is 11.3. The van der Waals surface area contributed by atoms with Gasteiger partial charge in [-0.15, -0.1) is 6.58 Å². The molecule has 0 bridgehead atoms. The van der Waals surface area contributed by atoms with Gasteiger partial charge in [-0.25, -0.2) is 0 Å². The van der Waals surface area contributed by atoms with Gasteiger partial charge in [0.2, 0.25) is 0 Å². The summed E-state index contributed by atoms with van der Waals surface area (Å²) in [5.41, 5.74) is 4.74. The molecule has 0 N–H and O–H groups in total. The number of allylic oxidation sites excluding steroid dienone is 1. The molecule has 2 heteroatoms. The standard InChI is InChI=1S/C21H24N2/c1-3-4-5-6-7-19-12-14-21(15-13-19)17-23-22-16-20-10-8-18(2)9-11-20/h3,8-17H,1,4-7H2,2H3/b22-16+,23-17+. The minimum absolute atomic E-state index is 1.06. The zero-order chi connectivity index (χ0) is 16.3. The van der Waals surface area contributed by atoms with Crippen molar-refractivity contribution in [2.75, 3.05) is 0 Å². The van der Waals surface area contributed by atoms with Crippen LogP contribution in [-0.2, 0) is 6.42 Å². The molecule has 0 aromatic heterocycles. The minimum atomic E-state index is 1.06. The molecule has 0 radical (unpaired) electrons. The van der Waals surface area contributed by atoms with Crippen LogP contribution in [0.1, 0.15) is 41.5 Å². The molecule has 118 valence electrons. The largest absolute Gasteiger partial charge is 0.159 e. The Kier molecular flexibility index (Phi) is 6.99. The SMILES string of the molecule is C=CCCCCc1ccc(/C=N/N=C/c2ccc(C)cc2)cc1. The van der Waals surface area contributed by atoms with Crippen molar-refractivity contribution in [2.45, 2.75) is 32.6 Å². The quantitative estimate of drug-likeness (QED) is 0.272. The van der Waals surface area contributed by atoms with Gasteiger partial charge in [0.1, 0.15) is 0 Å². The summed E-state index contributed by atoms with van der Waals surface area (Å²) in [5, 5.41) is 8.20. The van der Waals surface area contributed by atoms with Gasteiger partial charge in [0.15, 0.2) is 0 Å². The molecule has 23 heavy (non-hydrogen) atoms. The summed E-state index contributed by atoms with van der Waals surface area (Å²) >= 11 is 0. The molecule has 0 saturated heterocycles. The third-order valence-corrected chi connectivity index (χ3v) is 3.66. The fourth-order valence-electron chi connectivity index (χ4n) is 2.24. The van der Waals surface area contributed by atoms with Gasteiger partial charge in [0.25, 0.3) is 0 Å². The van der Waals surface area contributed by atoms with E-state index in [-0.39, 0.29) is 0 Å². The van der Waals surface area contributed by atoms with Crippen LogP contribution in [0.3, 0.4) is 0 Å². The molecule has 0 unspecified atom stereocenters. The van der Waals surface area contributed by atoms with Crippen LogP contribution >= 0.6 is 0 Å². The summed E-state index contributed by atoms with van der Waals surface area (Å²) in [7, 11) is 0. The highest BCUT2D eigenvalue weighted by atomic mass is 15.2. The van der Waals surface area contributed by atoms with Crippen LogP contribution in [-0.4, -0.2) is 12.4 Å². The Labute approximate surface area is 139 Å². The monoisotopic (exact) mass is 304 g/mol. The van der Waals surface area contributed by atoms with E-state index < -0.39 is 0 Å². The average molecular weight is 304 g/mol. The van der Waals surface area contributed by atoms with E-state index in [9.17, 15) is 0 Å². The third kappa shape index (κ3) is 6.43. The lowest BCUT2D eigenvalue weighted by atomic mass is 10.1. The van der Waals surface area contributed by atoms with Crippen LogP contribution in [0.4, 0.5) is 0 Å². The summed E-state index contributed by atoms with van der Waals surface area (Å²) < 4.78 is 0. The first-order valence-corrected chi connectivity index (χ1v) is 8.11. The second-order valence-electron chi connectivity index (χ2n) is 5.68. The number of hydrogen-bond donors (Lipinski definition) is 0. The van der Waals surface area contributed by atoms with E-state index in [1.807, 2.05) is 18.2 Å². The summed E-state index contributed by atoms with van der Waals surface area (Å²) in [6.45, 7) is 5.82. The van der Waals surface area contributed by atoms with Crippen molar-refractivity contribution in [3.05, 3.63) is 83.4 Å². The predicted molar refractivity (Wildman–Crippen MR) is 101 cm³/mol. The Balaban J connectivity index is 1.82. The highest BCUT2D eigenvalue weighted by molar-refractivity contribution is 5.82. The fourth-order valence-corrected chi connectivity index (χ4v) is 2.24. The van der Waals surface area contributed by atoms with Gasteiger partial charge in [0.05, 0.1) is 12.4 Å². The highest BCUT2D eigenvalue weighted by Gasteiger charge is 1.93. The van der Waals surface area contributed by atoms with Gasteiger partial charge < -0.3 is 0 Å². The first-order chi connectivity index (χ1) is 11.3. The van der Waals surface area contributed by atoms with E-state index in [0.29, 0.717) is 0 Å². The van der Waals surface area contributed by atoms with Gasteiger partial charge in [-0.1, -0.05) is 60.2 Å². The highest BCUT2D eigenvalue weighted by Crippen LogP contribution is 2.08. The Bertz CT molecular complexity index is 649. The summed E-state index contributed by atoms with van der Waals surface area (Å²) in [6.07, 6.45) is 10.2. The van der Waals surface area contributed by atoms with Gasteiger partial charge in [-0.2, -0.15) is 10.2 Å². The molecule has 2 aromatic carbocycles. The Morgan fingerprint density at radius 2 is 1.39 bits per heavy atom. The molecule has 0 aliphatic heterocycles. The van der Waals surface area contributed by atoms with Gasteiger partial charge in [-0.3, -0.25) is 0 Å². The Morgan fingerprint density at radius 1 is 0.826 bits per heavy atom. The lowest BCUT2D eigenvalue weighted by Gasteiger charge is -2.00. The second kappa shape index (κ2) is 9.52. The lowest BCUT2D eigenvalue weighted by Crippen LogP contribution is -1.87. The molecule has 0 atom stereocenters. The van der Waals surface area contributed by atoms with Crippen molar-refractivity contribution in [1.82, 2.24) is 0 Å². The molecule has 0 aliphatic carbocycles. The Hall–Kier alpha value is -2.48. The van der Waals surface area contributed by atoms with Crippen LogP contribution in [0.5, 0.6) is 0 Å². The van der Waals surface area contributed by atoms with Crippen molar-refractivity contribution in [2.24, 2.45) is 10.2 Å². The molecule has 0 saturated carbocycles. The van der Waals surface area contributed by atoms with Gasteiger partial charge in [-0.05, 0) is 49.3 Å². The van der Waals surface area contributed by atoms with E-state index in [4.69, 9.17) is 0 Å². The first kappa shape index (κ1) is 16.9. The zero-order valence-electron chi connectivity index (χ0n) is 13.8. The molecule has 2 rings (SSSR count). The molecular weight excluding hydrogens is 280 g/mol. The maximum Gasteiger partial charge on any atom is 0.0568 e. The maximum absolute atomic E-state index is 4.11. The van der Waals surface area contributed by atoms with E-state index in [1.54, 1.807) is 12.4 Å². The molecular formula is C21H24N2. The topological polar surface area (TPSA) is 24.7 Å². The number of unbranched alkanes of at least 4 members (excludes halogenated alkanes) is 2. The van der Waals surface area contributed by atoms with Gasteiger partial charge in [0, 0.05) is 0 Å². The van der Waals surface area contributed by atoms with Crippen LogP contribution in [0.15, 0.2) is 71.4 Å². The van der Waals surface area contributed by atoms with Gasteiger partial charge >= 0.3 is 0 Å². The number of rotatable bonds is 8. The molecule has 2 nitrogen and oxygen atoms in total. The van der Waals surface area contributed by atoms with Crippen molar-refractivity contribution in [3.8, 4) is 0 Å². The minimum Gasteiger partial charge on any atom is -0.159 e. The van der Waals surface area contributed by atoms with Crippen LogP contribution in [0.2, 0.25) is 0 Å². The van der Waals surface area contributed by atoms with Crippen molar-refractivity contribution < 1.29 is 0 Å². The lowest BCUT2D eigenvalue weighted by molar-refractivity contribution is 0.748. The van der Waals surface area contributed by atoms with E-state index >= 15 is 0 Å². The van der Waals surface area contributed by atoms with Crippen LogP contribution in [0.25, 0.3) is 0 Å². The number of nitrogens with zero attached hydrogens (tertiary/aromatic N) is 2. The summed E-state index contributed by atoms with van der Waals surface area (Å²) in [6, 6.07) is 16.7. The molecule has 2 aromatic rings. The van der Waals surface area contributed by atoms with Crippen molar-refractivity contribution in [1.29, 1.82) is 0 Å². The van der Waals surface area contributed by atoms with E-state index in [2.05, 4.69) is 60.1 Å². The van der Waals surface area contributed by atoms with E-state index in [1.165, 1.54) is 24.0 Å². The smallest absolute Gasteiger partial charge is 0.0568 e. The van der Waals surface area contributed by atoms with Crippen molar-refractivity contribution in [3.63, 3.8) is 0 Å². The molecule has 0 heterocycles. The second-order valence-corrected chi connectivity index (χ2v) is 5.68. The number of hydrogen-bond acceptors (Lipinski definition) is 2. The molecule has 0 aliphatic rings. The first-order valence-electron chi connectivity index (χ1n) is 8.11. The summed E-state index contributed by atoms with van der Waals surface area (Å²) in [5.74, 6) is 0.